The SMILES string of the molecule is Br.N#Cc1ccc(-c2cn3cccc(C(=O)O)c3n2)cc1. The minimum absolute atomic E-state index is 0. The highest BCUT2D eigenvalue weighted by molar-refractivity contribution is 8.93. The molecule has 0 bridgehead atoms. The number of nitrogens with zero attached hydrogens (tertiary/aromatic N) is 3. The van der Waals surface area contributed by atoms with Crippen LogP contribution in [0.15, 0.2) is 48.8 Å². The van der Waals surface area contributed by atoms with Gasteiger partial charge in [-0.2, -0.15) is 5.26 Å². The van der Waals surface area contributed by atoms with Crippen molar-refractivity contribution in [2.24, 2.45) is 0 Å². The number of halogens is 1. The molecular formula is C15H10BrN3O2. The van der Waals surface area contributed by atoms with E-state index in [1.54, 1.807) is 47.1 Å². The highest BCUT2D eigenvalue weighted by atomic mass is 79.9. The monoisotopic (exact) mass is 343 g/mol. The van der Waals surface area contributed by atoms with Crippen molar-refractivity contribution in [3.63, 3.8) is 0 Å². The molecular weight excluding hydrogens is 334 g/mol. The smallest absolute Gasteiger partial charge is 0.339 e. The summed E-state index contributed by atoms with van der Waals surface area (Å²) in [5, 5.41) is 17.9. The Morgan fingerprint density at radius 1 is 1.24 bits per heavy atom. The summed E-state index contributed by atoms with van der Waals surface area (Å²) in [7, 11) is 0. The van der Waals surface area contributed by atoms with Crippen LogP contribution in [0.1, 0.15) is 15.9 Å². The topological polar surface area (TPSA) is 78.4 Å². The van der Waals surface area contributed by atoms with Gasteiger partial charge in [-0.05, 0) is 24.3 Å². The molecule has 0 atom stereocenters. The average Bonchev–Trinajstić information content (AvgIpc) is 2.90. The minimum atomic E-state index is -1.01. The first-order valence-electron chi connectivity index (χ1n) is 5.90. The van der Waals surface area contributed by atoms with E-state index in [9.17, 15) is 4.79 Å². The Bertz CT molecular complexity index is 847. The molecule has 2 heterocycles. The molecule has 21 heavy (non-hydrogen) atoms. The molecule has 3 aromatic rings. The van der Waals surface area contributed by atoms with E-state index in [4.69, 9.17) is 10.4 Å². The molecule has 0 aliphatic carbocycles. The number of carboxylic acids is 1. The van der Waals surface area contributed by atoms with Crippen LogP contribution < -0.4 is 0 Å². The molecule has 2 aromatic heterocycles. The predicted molar refractivity (Wildman–Crippen MR) is 82.6 cm³/mol. The quantitative estimate of drug-likeness (QED) is 0.775. The number of pyridine rings is 1. The minimum Gasteiger partial charge on any atom is -0.478 e. The maximum absolute atomic E-state index is 11.2. The lowest BCUT2D eigenvalue weighted by molar-refractivity contribution is 0.0698. The lowest BCUT2D eigenvalue weighted by Crippen LogP contribution is -1.99. The van der Waals surface area contributed by atoms with Crippen molar-refractivity contribution in [3.05, 3.63) is 59.9 Å². The van der Waals surface area contributed by atoms with Crippen LogP contribution in [0.3, 0.4) is 0 Å². The van der Waals surface area contributed by atoms with Crippen LogP contribution in [0.2, 0.25) is 0 Å². The summed E-state index contributed by atoms with van der Waals surface area (Å²) in [4.78, 5) is 15.5. The molecule has 0 radical (unpaired) electrons. The molecule has 0 fully saturated rings. The summed E-state index contributed by atoms with van der Waals surface area (Å²) >= 11 is 0. The first kappa shape index (κ1) is 14.8. The van der Waals surface area contributed by atoms with Crippen LogP contribution in [-0.2, 0) is 0 Å². The van der Waals surface area contributed by atoms with E-state index >= 15 is 0 Å². The van der Waals surface area contributed by atoms with Gasteiger partial charge in [0.25, 0.3) is 0 Å². The zero-order valence-electron chi connectivity index (χ0n) is 10.7. The Kier molecular flexibility index (Phi) is 4.05. The lowest BCUT2D eigenvalue weighted by Gasteiger charge is -1.96. The molecule has 0 unspecified atom stereocenters. The van der Waals surface area contributed by atoms with Crippen molar-refractivity contribution >= 4 is 28.6 Å². The van der Waals surface area contributed by atoms with Gasteiger partial charge in [0.15, 0.2) is 5.65 Å². The van der Waals surface area contributed by atoms with E-state index in [1.807, 2.05) is 0 Å². The zero-order valence-corrected chi connectivity index (χ0v) is 12.4. The van der Waals surface area contributed by atoms with Crippen molar-refractivity contribution in [3.8, 4) is 17.3 Å². The van der Waals surface area contributed by atoms with E-state index in [0.717, 1.165) is 5.56 Å². The number of nitriles is 1. The zero-order chi connectivity index (χ0) is 14.1. The molecule has 1 aromatic carbocycles. The number of rotatable bonds is 2. The number of carbonyl (C=O) groups is 1. The number of hydrogen-bond acceptors (Lipinski definition) is 3. The van der Waals surface area contributed by atoms with Crippen molar-refractivity contribution in [1.29, 1.82) is 5.26 Å². The van der Waals surface area contributed by atoms with Crippen LogP contribution in [-0.4, -0.2) is 20.5 Å². The first-order chi connectivity index (χ1) is 9.69. The van der Waals surface area contributed by atoms with Crippen LogP contribution in [0.5, 0.6) is 0 Å². The Morgan fingerprint density at radius 3 is 2.57 bits per heavy atom. The lowest BCUT2D eigenvalue weighted by atomic mass is 10.1. The molecule has 6 heteroatoms. The molecule has 104 valence electrons. The second-order valence-corrected chi connectivity index (χ2v) is 4.27. The van der Waals surface area contributed by atoms with Gasteiger partial charge >= 0.3 is 5.97 Å². The standard InChI is InChI=1S/C15H9N3O2.BrH/c16-8-10-3-5-11(6-4-10)13-9-18-7-1-2-12(15(19)20)14(18)17-13;/h1-7,9H,(H,19,20);1H. The molecule has 3 rings (SSSR count). The van der Waals surface area contributed by atoms with Crippen LogP contribution in [0, 0.1) is 11.3 Å². The van der Waals surface area contributed by atoms with Crippen LogP contribution >= 0.6 is 17.0 Å². The maximum atomic E-state index is 11.2. The van der Waals surface area contributed by atoms with Gasteiger partial charge in [0.1, 0.15) is 5.56 Å². The van der Waals surface area contributed by atoms with E-state index < -0.39 is 5.97 Å². The Balaban J connectivity index is 0.00000161. The summed E-state index contributed by atoms with van der Waals surface area (Å²) in [6, 6.07) is 12.2. The first-order valence-corrected chi connectivity index (χ1v) is 5.90. The molecule has 0 aliphatic heterocycles. The summed E-state index contributed by atoms with van der Waals surface area (Å²) in [6.45, 7) is 0. The van der Waals surface area contributed by atoms with Crippen LogP contribution in [0.25, 0.3) is 16.9 Å². The normalized spacial score (nSPS) is 9.86. The molecule has 1 N–H and O–H groups in total. The second-order valence-electron chi connectivity index (χ2n) is 4.27. The summed E-state index contributed by atoms with van der Waals surface area (Å²) in [5.41, 5.74) is 2.64. The van der Waals surface area contributed by atoms with Crippen molar-refractivity contribution in [1.82, 2.24) is 9.38 Å². The van der Waals surface area contributed by atoms with Gasteiger partial charge in [0.05, 0.1) is 17.3 Å². The fourth-order valence-electron chi connectivity index (χ4n) is 2.03. The number of aromatic nitrogens is 2. The number of carboxylic acid groups (broad SMARTS) is 1. The summed E-state index contributed by atoms with van der Waals surface area (Å²) in [6.07, 6.45) is 3.52. The van der Waals surface area contributed by atoms with E-state index in [1.165, 1.54) is 6.07 Å². The predicted octanol–water partition coefficient (Wildman–Crippen LogP) is 3.15. The number of benzene rings is 1. The molecule has 0 saturated heterocycles. The molecule has 0 amide bonds. The Morgan fingerprint density at radius 2 is 1.95 bits per heavy atom. The Hall–Kier alpha value is -2.65. The fraction of sp³-hybridized carbons (Fsp3) is 0. The highest BCUT2D eigenvalue weighted by Crippen LogP contribution is 2.21. The highest BCUT2D eigenvalue weighted by Gasteiger charge is 2.12. The van der Waals surface area contributed by atoms with E-state index in [0.29, 0.717) is 16.9 Å². The third-order valence-electron chi connectivity index (χ3n) is 3.02. The van der Waals surface area contributed by atoms with Gasteiger partial charge < -0.3 is 9.51 Å². The van der Waals surface area contributed by atoms with E-state index in [-0.39, 0.29) is 22.5 Å². The van der Waals surface area contributed by atoms with Crippen molar-refractivity contribution in [2.45, 2.75) is 0 Å². The Labute approximate surface area is 130 Å². The molecule has 0 aliphatic rings. The van der Waals surface area contributed by atoms with Gasteiger partial charge in [0.2, 0.25) is 0 Å². The maximum Gasteiger partial charge on any atom is 0.339 e. The largest absolute Gasteiger partial charge is 0.478 e. The van der Waals surface area contributed by atoms with Crippen molar-refractivity contribution in [2.75, 3.05) is 0 Å². The molecule has 5 nitrogen and oxygen atoms in total. The number of aromatic carboxylic acids is 1. The van der Waals surface area contributed by atoms with Crippen molar-refractivity contribution < 1.29 is 9.90 Å². The second kappa shape index (κ2) is 5.77. The third-order valence-corrected chi connectivity index (χ3v) is 3.02. The van der Waals surface area contributed by atoms with Gasteiger partial charge in [0, 0.05) is 18.0 Å². The van der Waals surface area contributed by atoms with E-state index in [2.05, 4.69) is 11.1 Å². The number of hydrogen-bond donors (Lipinski definition) is 1. The van der Waals surface area contributed by atoms with Gasteiger partial charge in [-0.15, -0.1) is 17.0 Å². The number of fused-ring (bicyclic) bond motifs is 1. The summed E-state index contributed by atoms with van der Waals surface area (Å²) in [5.74, 6) is -1.01. The molecule has 0 saturated carbocycles. The van der Waals surface area contributed by atoms with Gasteiger partial charge in [-0.1, -0.05) is 12.1 Å². The van der Waals surface area contributed by atoms with Crippen LogP contribution in [0.4, 0.5) is 0 Å². The number of imidazole rings is 1. The van der Waals surface area contributed by atoms with Gasteiger partial charge in [-0.25, -0.2) is 9.78 Å². The fourth-order valence-corrected chi connectivity index (χ4v) is 2.03. The molecule has 0 spiro atoms. The van der Waals surface area contributed by atoms with Gasteiger partial charge in [-0.3, -0.25) is 0 Å². The third kappa shape index (κ3) is 2.64. The average molecular weight is 344 g/mol. The summed E-state index contributed by atoms with van der Waals surface area (Å²) < 4.78 is 1.68.